The first-order valence-corrected chi connectivity index (χ1v) is 9.67. The van der Waals surface area contributed by atoms with Gasteiger partial charge in [0.25, 0.3) is 0 Å². The van der Waals surface area contributed by atoms with Crippen LogP contribution in [0.3, 0.4) is 0 Å². The lowest BCUT2D eigenvalue weighted by Crippen LogP contribution is -2.34. The monoisotopic (exact) mass is 380 g/mol. The van der Waals surface area contributed by atoms with Crippen LogP contribution >= 0.6 is 0 Å². The van der Waals surface area contributed by atoms with Crippen molar-refractivity contribution < 1.29 is 18.7 Å². The van der Waals surface area contributed by atoms with Crippen molar-refractivity contribution in [3.05, 3.63) is 77.1 Å². The van der Waals surface area contributed by atoms with E-state index in [0.717, 1.165) is 16.7 Å². The lowest BCUT2D eigenvalue weighted by Gasteiger charge is -2.29. The zero-order valence-electron chi connectivity index (χ0n) is 16.4. The molecule has 1 aliphatic carbocycles. The minimum atomic E-state index is -0.853. The Hall–Kier alpha value is -2.75. The number of hydrogen-bond acceptors (Lipinski definition) is 3. The Kier molecular flexibility index (Phi) is 6.08. The molecule has 0 saturated heterocycles. The Morgan fingerprint density at radius 2 is 1.75 bits per heavy atom. The lowest BCUT2D eigenvalue weighted by molar-refractivity contribution is -0.151. The van der Waals surface area contributed by atoms with Crippen molar-refractivity contribution in [1.82, 2.24) is 0 Å². The van der Waals surface area contributed by atoms with Crippen LogP contribution < -0.4 is 0 Å². The molecule has 2 atom stereocenters. The maximum atomic E-state index is 13.3. The van der Waals surface area contributed by atoms with Crippen LogP contribution in [-0.4, -0.2) is 18.4 Å². The van der Waals surface area contributed by atoms with Crippen LogP contribution in [-0.2, 0) is 14.3 Å². The van der Waals surface area contributed by atoms with E-state index >= 15 is 0 Å². The largest absolute Gasteiger partial charge is 0.465 e. The third-order valence-corrected chi connectivity index (χ3v) is 5.25. The van der Waals surface area contributed by atoms with E-state index in [-0.39, 0.29) is 24.1 Å². The molecule has 0 fully saturated rings. The van der Waals surface area contributed by atoms with E-state index in [0.29, 0.717) is 12.3 Å². The van der Waals surface area contributed by atoms with Crippen molar-refractivity contribution in [2.45, 2.75) is 39.0 Å². The molecule has 3 nitrogen and oxygen atoms in total. The third-order valence-electron chi connectivity index (χ3n) is 5.25. The van der Waals surface area contributed by atoms with E-state index in [1.54, 1.807) is 19.1 Å². The number of esters is 1. The summed E-state index contributed by atoms with van der Waals surface area (Å²) >= 11 is 0. The van der Waals surface area contributed by atoms with Crippen LogP contribution in [0.5, 0.6) is 0 Å². The second kappa shape index (κ2) is 8.51. The third kappa shape index (κ3) is 4.22. The maximum absolute atomic E-state index is 13.3. The Balaban J connectivity index is 1.99. The van der Waals surface area contributed by atoms with Crippen LogP contribution in [0.1, 0.15) is 55.7 Å². The van der Waals surface area contributed by atoms with Gasteiger partial charge in [-0.1, -0.05) is 50.2 Å². The smallest absolute Gasteiger partial charge is 0.317 e. The molecular formula is C24H25FO3. The summed E-state index contributed by atoms with van der Waals surface area (Å²) in [5, 5.41) is 0. The van der Waals surface area contributed by atoms with Crippen LogP contribution in [0.15, 0.2) is 54.6 Å². The number of carbonyl (C=O) groups is 2. The van der Waals surface area contributed by atoms with Crippen molar-refractivity contribution in [1.29, 1.82) is 0 Å². The van der Waals surface area contributed by atoms with Crippen LogP contribution in [0.25, 0.3) is 5.57 Å². The molecule has 146 valence electrons. The molecule has 2 aromatic carbocycles. The highest BCUT2D eigenvalue weighted by atomic mass is 19.1. The molecule has 28 heavy (non-hydrogen) atoms. The number of rotatable bonds is 5. The Morgan fingerprint density at radius 1 is 1.11 bits per heavy atom. The molecule has 0 heterocycles. The molecular weight excluding hydrogens is 355 g/mol. The van der Waals surface area contributed by atoms with Crippen LogP contribution in [0, 0.1) is 11.7 Å². The number of allylic oxidation sites excluding steroid dienone is 2. The molecule has 0 saturated carbocycles. The van der Waals surface area contributed by atoms with Gasteiger partial charge in [-0.25, -0.2) is 4.39 Å². The molecule has 0 aromatic heterocycles. The summed E-state index contributed by atoms with van der Waals surface area (Å²) in [6.45, 7) is 6.21. The molecule has 0 spiro atoms. The van der Waals surface area contributed by atoms with E-state index in [9.17, 15) is 14.0 Å². The van der Waals surface area contributed by atoms with Gasteiger partial charge < -0.3 is 4.74 Å². The summed E-state index contributed by atoms with van der Waals surface area (Å²) in [6, 6.07) is 14.2. The zero-order chi connectivity index (χ0) is 20.3. The average molecular weight is 380 g/mol. The number of ether oxygens (including phenoxy) is 1. The van der Waals surface area contributed by atoms with Crippen LogP contribution in [0.4, 0.5) is 4.39 Å². The molecule has 0 amide bonds. The van der Waals surface area contributed by atoms with Gasteiger partial charge in [-0.2, -0.15) is 0 Å². The normalized spacial score (nSPS) is 19.5. The van der Waals surface area contributed by atoms with Crippen molar-refractivity contribution >= 4 is 17.3 Å². The number of ketones is 1. The van der Waals surface area contributed by atoms with Crippen molar-refractivity contribution in [2.75, 3.05) is 6.61 Å². The highest BCUT2D eigenvalue weighted by Crippen LogP contribution is 2.40. The maximum Gasteiger partial charge on any atom is 0.317 e. The molecule has 0 radical (unpaired) electrons. The predicted molar refractivity (Wildman–Crippen MR) is 107 cm³/mol. The fourth-order valence-electron chi connectivity index (χ4n) is 3.69. The van der Waals surface area contributed by atoms with E-state index in [2.05, 4.69) is 13.8 Å². The fourth-order valence-corrected chi connectivity index (χ4v) is 3.69. The van der Waals surface area contributed by atoms with Crippen molar-refractivity contribution in [3.63, 3.8) is 0 Å². The van der Waals surface area contributed by atoms with E-state index in [1.807, 2.05) is 24.3 Å². The summed E-state index contributed by atoms with van der Waals surface area (Å²) in [6.07, 6.45) is 2.02. The van der Waals surface area contributed by atoms with Gasteiger partial charge in [0, 0.05) is 5.92 Å². The second-order valence-corrected chi connectivity index (χ2v) is 7.44. The SMILES string of the molecule is CCOC(=O)C1C(=O)C=C(c2ccc(F)cc2)CC1c1ccc(C(C)C)cc1. The lowest BCUT2D eigenvalue weighted by atomic mass is 9.73. The van der Waals surface area contributed by atoms with Gasteiger partial charge in [-0.15, -0.1) is 0 Å². The summed E-state index contributed by atoms with van der Waals surface area (Å²) in [5.41, 5.74) is 3.74. The van der Waals surface area contributed by atoms with E-state index in [1.165, 1.54) is 23.8 Å². The van der Waals surface area contributed by atoms with Gasteiger partial charge in [0.1, 0.15) is 11.7 Å². The molecule has 3 rings (SSSR count). The van der Waals surface area contributed by atoms with Gasteiger partial charge in [0.2, 0.25) is 0 Å². The molecule has 0 bridgehead atoms. The second-order valence-electron chi connectivity index (χ2n) is 7.44. The molecule has 0 aliphatic heterocycles. The molecule has 2 unspecified atom stereocenters. The van der Waals surface area contributed by atoms with Crippen molar-refractivity contribution in [3.8, 4) is 0 Å². The first kappa shape index (κ1) is 20.0. The van der Waals surface area contributed by atoms with Gasteiger partial charge in [-0.05, 0) is 59.7 Å². The van der Waals surface area contributed by atoms with Crippen molar-refractivity contribution in [2.24, 2.45) is 5.92 Å². The van der Waals surface area contributed by atoms with Gasteiger partial charge >= 0.3 is 5.97 Å². The Morgan fingerprint density at radius 3 is 2.32 bits per heavy atom. The summed E-state index contributed by atoms with van der Waals surface area (Å²) in [5.74, 6) is -1.83. The first-order valence-electron chi connectivity index (χ1n) is 9.67. The summed E-state index contributed by atoms with van der Waals surface area (Å²) in [7, 11) is 0. The summed E-state index contributed by atoms with van der Waals surface area (Å²) < 4.78 is 18.5. The fraction of sp³-hybridized carbons (Fsp3) is 0.333. The Labute approximate surface area is 165 Å². The first-order chi connectivity index (χ1) is 13.4. The number of halogens is 1. The number of benzene rings is 2. The predicted octanol–water partition coefficient (Wildman–Crippen LogP) is 5.27. The molecule has 4 heteroatoms. The van der Waals surface area contributed by atoms with Gasteiger partial charge in [-0.3, -0.25) is 9.59 Å². The van der Waals surface area contributed by atoms with E-state index < -0.39 is 11.9 Å². The average Bonchev–Trinajstić information content (AvgIpc) is 2.68. The minimum absolute atomic E-state index is 0.232. The highest BCUT2D eigenvalue weighted by Gasteiger charge is 2.39. The zero-order valence-corrected chi connectivity index (χ0v) is 16.4. The molecule has 2 aromatic rings. The number of carbonyl (C=O) groups excluding carboxylic acids is 2. The van der Waals surface area contributed by atoms with Crippen LogP contribution in [0.2, 0.25) is 0 Å². The molecule has 0 N–H and O–H groups in total. The van der Waals surface area contributed by atoms with Gasteiger partial charge in [0.05, 0.1) is 6.61 Å². The topological polar surface area (TPSA) is 43.4 Å². The minimum Gasteiger partial charge on any atom is -0.465 e. The standard InChI is InChI=1S/C24H25FO3/c1-4-28-24(27)23-21(18-7-5-16(6-8-18)15(2)3)13-19(14-22(23)26)17-9-11-20(25)12-10-17/h5-12,14-15,21,23H,4,13H2,1-3H3. The Bertz CT molecular complexity index is 879. The van der Waals surface area contributed by atoms with Gasteiger partial charge in [0.15, 0.2) is 5.78 Å². The number of hydrogen-bond donors (Lipinski definition) is 0. The quantitative estimate of drug-likeness (QED) is 0.524. The summed E-state index contributed by atoms with van der Waals surface area (Å²) in [4.78, 5) is 25.4. The molecule has 1 aliphatic rings. The van der Waals surface area contributed by atoms with E-state index in [4.69, 9.17) is 4.74 Å². The highest BCUT2D eigenvalue weighted by molar-refractivity contribution is 6.10.